The van der Waals surface area contributed by atoms with Gasteiger partial charge >= 0.3 is 7.12 Å². The molecule has 9 heteroatoms. The first-order valence-electron chi connectivity index (χ1n) is 7.73. The Hall–Kier alpha value is -0.965. The molecule has 134 valence electrons. The van der Waals surface area contributed by atoms with E-state index in [1.165, 1.54) is 12.1 Å². The first-order valence-corrected chi connectivity index (χ1v) is 9.21. The highest BCUT2D eigenvalue weighted by Crippen LogP contribution is 2.36. The van der Waals surface area contributed by atoms with Crippen molar-refractivity contribution in [1.82, 2.24) is 4.72 Å². The molecule has 0 bridgehead atoms. The third-order valence-corrected chi connectivity index (χ3v) is 5.88. The topological polar surface area (TPSA) is 105 Å². The summed E-state index contributed by atoms with van der Waals surface area (Å²) >= 11 is 0. The molecule has 0 aromatic heterocycles. The maximum absolute atomic E-state index is 12.1. The summed E-state index contributed by atoms with van der Waals surface area (Å²) in [6, 6.07) is 6.18. The Balaban J connectivity index is 2.11. The molecule has 1 saturated heterocycles. The molecule has 1 aliphatic rings. The van der Waals surface area contributed by atoms with Crippen LogP contribution >= 0.6 is 0 Å². The van der Waals surface area contributed by atoms with Crippen LogP contribution in [0.4, 0.5) is 0 Å². The fraction of sp³-hybridized carbons (Fsp3) is 0.600. The standard InChI is InChI=1S/C15H24BNO6S/c1-14(2)15(3,4)23-16(22-14)11-5-7-13(8-6-11)24(20,21)17-9-12(19)10-18/h5-8,12,17-19H,9-10H2,1-4H3. The fourth-order valence-electron chi connectivity index (χ4n) is 2.14. The van der Waals surface area contributed by atoms with Crippen molar-refractivity contribution in [2.24, 2.45) is 0 Å². The highest BCUT2D eigenvalue weighted by molar-refractivity contribution is 7.89. The average molecular weight is 357 g/mol. The van der Waals surface area contributed by atoms with Crippen LogP contribution in [0.1, 0.15) is 27.7 Å². The average Bonchev–Trinajstić information content (AvgIpc) is 2.73. The zero-order valence-corrected chi connectivity index (χ0v) is 15.1. The van der Waals surface area contributed by atoms with Gasteiger partial charge in [-0.05, 0) is 45.3 Å². The smallest absolute Gasteiger partial charge is 0.399 e. The third-order valence-electron chi connectivity index (χ3n) is 4.44. The Morgan fingerprint density at radius 1 is 1.12 bits per heavy atom. The summed E-state index contributed by atoms with van der Waals surface area (Å²) in [6.45, 7) is 7.02. The van der Waals surface area contributed by atoms with E-state index in [4.69, 9.17) is 14.4 Å². The molecule has 1 unspecified atom stereocenters. The van der Waals surface area contributed by atoms with Crippen LogP contribution in [0.3, 0.4) is 0 Å². The van der Waals surface area contributed by atoms with Gasteiger partial charge in [-0.1, -0.05) is 12.1 Å². The van der Waals surface area contributed by atoms with Crippen LogP contribution in [0.25, 0.3) is 0 Å². The van der Waals surface area contributed by atoms with Gasteiger partial charge in [-0.3, -0.25) is 0 Å². The lowest BCUT2D eigenvalue weighted by molar-refractivity contribution is 0.00578. The number of hydrogen-bond donors (Lipinski definition) is 3. The second-order valence-corrected chi connectivity index (χ2v) is 8.61. The van der Waals surface area contributed by atoms with Crippen molar-refractivity contribution in [3.8, 4) is 0 Å². The maximum atomic E-state index is 12.1. The maximum Gasteiger partial charge on any atom is 0.494 e. The largest absolute Gasteiger partial charge is 0.494 e. The van der Waals surface area contributed by atoms with Crippen molar-refractivity contribution >= 4 is 22.6 Å². The number of aliphatic hydroxyl groups is 2. The quantitative estimate of drug-likeness (QED) is 0.600. The van der Waals surface area contributed by atoms with Crippen LogP contribution in [0.15, 0.2) is 29.2 Å². The highest BCUT2D eigenvalue weighted by Gasteiger charge is 2.51. The van der Waals surface area contributed by atoms with E-state index in [1.54, 1.807) is 12.1 Å². The van der Waals surface area contributed by atoms with Gasteiger partial charge in [0, 0.05) is 6.54 Å². The minimum absolute atomic E-state index is 0.0629. The molecule has 24 heavy (non-hydrogen) atoms. The molecule has 0 radical (unpaired) electrons. The molecule has 1 heterocycles. The van der Waals surface area contributed by atoms with Crippen molar-refractivity contribution in [3.63, 3.8) is 0 Å². The van der Waals surface area contributed by atoms with Gasteiger partial charge in [-0.2, -0.15) is 0 Å². The molecule has 0 saturated carbocycles. The van der Waals surface area contributed by atoms with E-state index in [0.717, 1.165) is 5.46 Å². The normalized spacial score (nSPS) is 21.0. The van der Waals surface area contributed by atoms with Crippen LogP contribution < -0.4 is 10.2 Å². The molecule has 2 rings (SSSR count). The van der Waals surface area contributed by atoms with Crippen LogP contribution in [-0.4, -0.2) is 56.2 Å². The number of sulfonamides is 1. The van der Waals surface area contributed by atoms with E-state index in [2.05, 4.69) is 4.72 Å². The minimum atomic E-state index is -3.75. The number of rotatable bonds is 6. The zero-order valence-electron chi connectivity index (χ0n) is 14.3. The van der Waals surface area contributed by atoms with Gasteiger partial charge in [-0.15, -0.1) is 0 Å². The second-order valence-electron chi connectivity index (χ2n) is 6.85. The number of benzene rings is 1. The summed E-state index contributed by atoms with van der Waals surface area (Å²) in [6.07, 6.45) is -1.14. The molecule has 0 aliphatic carbocycles. The van der Waals surface area contributed by atoms with Crippen LogP contribution in [-0.2, 0) is 19.3 Å². The predicted octanol–water partition coefficient (Wildman–Crippen LogP) is -0.383. The van der Waals surface area contributed by atoms with E-state index >= 15 is 0 Å². The Labute approximate surface area is 143 Å². The minimum Gasteiger partial charge on any atom is -0.399 e. The van der Waals surface area contributed by atoms with Gasteiger partial charge in [0.15, 0.2) is 0 Å². The summed E-state index contributed by atoms with van der Waals surface area (Å²) in [5.41, 5.74) is -0.211. The molecular weight excluding hydrogens is 333 g/mol. The monoisotopic (exact) mass is 357 g/mol. The van der Waals surface area contributed by atoms with Crippen molar-refractivity contribution in [3.05, 3.63) is 24.3 Å². The Morgan fingerprint density at radius 3 is 2.08 bits per heavy atom. The molecule has 1 atom stereocenters. The lowest BCUT2D eigenvalue weighted by Crippen LogP contribution is -2.41. The van der Waals surface area contributed by atoms with Crippen molar-refractivity contribution < 1.29 is 27.9 Å². The van der Waals surface area contributed by atoms with Gasteiger partial charge in [0.1, 0.15) is 0 Å². The van der Waals surface area contributed by atoms with E-state index < -0.39 is 41.1 Å². The van der Waals surface area contributed by atoms with Crippen LogP contribution in [0.5, 0.6) is 0 Å². The van der Waals surface area contributed by atoms with Gasteiger partial charge in [0.25, 0.3) is 0 Å². The summed E-state index contributed by atoms with van der Waals surface area (Å²) in [4.78, 5) is 0.0629. The Morgan fingerprint density at radius 2 is 1.62 bits per heavy atom. The molecule has 1 aliphatic heterocycles. The predicted molar refractivity (Wildman–Crippen MR) is 90.4 cm³/mol. The summed E-state index contributed by atoms with van der Waals surface area (Å²) in [5.74, 6) is 0. The van der Waals surface area contributed by atoms with Gasteiger partial charge in [0.2, 0.25) is 10.0 Å². The molecule has 0 spiro atoms. The molecule has 0 amide bonds. The van der Waals surface area contributed by atoms with E-state index in [1.807, 2.05) is 27.7 Å². The molecular formula is C15H24BNO6S. The van der Waals surface area contributed by atoms with Crippen molar-refractivity contribution in [2.75, 3.05) is 13.2 Å². The van der Waals surface area contributed by atoms with Crippen LogP contribution in [0.2, 0.25) is 0 Å². The molecule has 1 aromatic rings. The third kappa shape index (κ3) is 3.98. The van der Waals surface area contributed by atoms with E-state index in [-0.39, 0.29) is 11.4 Å². The molecule has 1 fully saturated rings. The lowest BCUT2D eigenvalue weighted by atomic mass is 9.79. The Bertz CT molecular complexity index is 658. The SMILES string of the molecule is CC1(C)OB(c2ccc(S(=O)(=O)NCC(O)CO)cc2)OC1(C)C. The number of aliphatic hydroxyl groups excluding tert-OH is 2. The number of hydrogen-bond acceptors (Lipinski definition) is 6. The van der Waals surface area contributed by atoms with E-state index in [9.17, 15) is 13.5 Å². The molecule has 1 aromatic carbocycles. The first kappa shape index (κ1) is 19.4. The first-order chi connectivity index (χ1) is 11.0. The Kier molecular flexibility index (Phi) is 5.44. The van der Waals surface area contributed by atoms with Gasteiger partial charge in [0.05, 0.1) is 28.8 Å². The summed E-state index contributed by atoms with van der Waals surface area (Å²) < 4.78 is 38.3. The second kappa shape index (κ2) is 6.74. The number of nitrogens with one attached hydrogen (secondary N) is 1. The molecule has 7 nitrogen and oxygen atoms in total. The van der Waals surface area contributed by atoms with Crippen molar-refractivity contribution in [1.29, 1.82) is 0 Å². The van der Waals surface area contributed by atoms with Crippen molar-refractivity contribution in [2.45, 2.75) is 49.9 Å². The molecule has 3 N–H and O–H groups in total. The highest BCUT2D eigenvalue weighted by atomic mass is 32.2. The summed E-state index contributed by atoms with van der Waals surface area (Å²) in [7, 11) is -4.31. The summed E-state index contributed by atoms with van der Waals surface area (Å²) in [5, 5.41) is 18.0. The van der Waals surface area contributed by atoms with Gasteiger partial charge < -0.3 is 19.5 Å². The lowest BCUT2D eigenvalue weighted by Gasteiger charge is -2.32. The fourth-order valence-corrected chi connectivity index (χ4v) is 3.21. The van der Waals surface area contributed by atoms with Gasteiger partial charge in [-0.25, -0.2) is 13.1 Å². The van der Waals surface area contributed by atoms with Crippen LogP contribution in [0, 0.1) is 0 Å². The van der Waals surface area contributed by atoms with E-state index in [0.29, 0.717) is 0 Å². The zero-order chi connectivity index (χ0) is 18.2.